The second-order valence-electron chi connectivity index (χ2n) is 5.74. The third kappa shape index (κ3) is 2.56. The van der Waals surface area contributed by atoms with Crippen molar-refractivity contribution in [3.05, 3.63) is 22.4 Å². The first-order valence-corrected chi connectivity index (χ1v) is 8.30. The summed E-state index contributed by atoms with van der Waals surface area (Å²) in [7, 11) is 0. The Bertz CT molecular complexity index is 431. The zero-order chi connectivity index (χ0) is 13.2. The lowest BCUT2D eigenvalue weighted by molar-refractivity contribution is -0.131. The van der Waals surface area contributed by atoms with Crippen LogP contribution in [0.25, 0.3) is 0 Å². The van der Waals surface area contributed by atoms with E-state index in [1.807, 2.05) is 0 Å². The minimum absolute atomic E-state index is 0.111. The van der Waals surface area contributed by atoms with Gasteiger partial charge in [0.1, 0.15) is 6.17 Å². The van der Waals surface area contributed by atoms with E-state index in [0.29, 0.717) is 12.6 Å². The fourth-order valence-electron chi connectivity index (χ4n) is 3.53. The van der Waals surface area contributed by atoms with Gasteiger partial charge in [0.15, 0.2) is 0 Å². The van der Waals surface area contributed by atoms with Crippen molar-refractivity contribution in [1.82, 2.24) is 10.2 Å². The molecule has 3 rings (SSSR count). The highest BCUT2D eigenvalue weighted by Gasteiger charge is 2.38. The van der Waals surface area contributed by atoms with Gasteiger partial charge in [0.25, 0.3) is 0 Å². The molecule has 0 spiro atoms. The molecule has 0 aromatic carbocycles. The van der Waals surface area contributed by atoms with Gasteiger partial charge in [0, 0.05) is 6.04 Å². The molecule has 3 nitrogen and oxygen atoms in total. The molecule has 19 heavy (non-hydrogen) atoms. The summed E-state index contributed by atoms with van der Waals surface area (Å²) in [5.41, 5.74) is 1.24. The van der Waals surface area contributed by atoms with Crippen molar-refractivity contribution in [2.24, 2.45) is 5.92 Å². The monoisotopic (exact) mass is 278 g/mol. The predicted octanol–water partition coefficient (Wildman–Crippen LogP) is 3.15. The Morgan fingerprint density at radius 2 is 2.37 bits per heavy atom. The van der Waals surface area contributed by atoms with Crippen LogP contribution in [0.4, 0.5) is 0 Å². The molecular weight excluding hydrogens is 256 g/mol. The van der Waals surface area contributed by atoms with Crippen molar-refractivity contribution in [3.8, 4) is 0 Å². The van der Waals surface area contributed by atoms with Crippen LogP contribution in [0.15, 0.2) is 16.8 Å². The number of thiophene rings is 1. The van der Waals surface area contributed by atoms with Crippen LogP contribution in [-0.4, -0.2) is 23.4 Å². The van der Waals surface area contributed by atoms with Crippen LogP contribution in [0.2, 0.25) is 0 Å². The lowest BCUT2D eigenvalue weighted by atomic mass is 9.83. The van der Waals surface area contributed by atoms with E-state index in [-0.39, 0.29) is 12.1 Å². The van der Waals surface area contributed by atoms with E-state index in [0.717, 1.165) is 5.92 Å². The fraction of sp³-hybridized carbons (Fsp3) is 0.667. The molecule has 1 saturated heterocycles. The molecule has 1 aromatic rings. The molecule has 4 heteroatoms. The van der Waals surface area contributed by atoms with E-state index in [4.69, 9.17) is 0 Å². The van der Waals surface area contributed by atoms with Crippen LogP contribution in [0, 0.1) is 5.92 Å². The minimum atomic E-state index is 0.111. The molecule has 1 N–H and O–H groups in total. The van der Waals surface area contributed by atoms with Gasteiger partial charge >= 0.3 is 0 Å². The van der Waals surface area contributed by atoms with E-state index in [1.54, 1.807) is 11.3 Å². The average molecular weight is 278 g/mol. The number of nitrogens with zero attached hydrogens (tertiary/aromatic N) is 1. The Hall–Kier alpha value is -0.870. The van der Waals surface area contributed by atoms with E-state index in [1.165, 1.54) is 37.7 Å². The van der Waals surface area contributed by atoms with Crippen molar-refractivity contribution in [1.29, 1.82) is 0 Å². The maximum absolute atomic E-state index is 12.2. The highest BCUT2D eigenvalue weighted by molar-refractivity contribution is 7.07. The molecule has 2 heterocycles. The Labute approximate surface area is 119 Å². The molecule has 1 aromatic heterocycles. The molecule has 1 amide bonds. The fourth-order valence-corrected chi connectivity index (χ4v) is 4.21. The van der Waals surface area contributed by atoms with Crippen LogP contribution in [0.1, 0.15) is 50.8 Å². The standard InChI is InChI=1S/C15H22N2OS/c1-2-11-4-3-5-13(8-11)17-14(18)9-16-15(17)12-6-7-19-10-12/h6-7,10-11,13,15-16H,2-5,8-9H2,1H3. The quantitative estimate of drug-likeness (QED) is 0.921. The summed E-state index contributed by atoms with van der Waals surface area (Å²) in [6.45, 7) is 2.77. The van der Waals surface area contributed by atoms with E-state index < -0.39 is 0 Å². The summed E-state index contributed by atoms with van der Waals surface area (Å²) in [5, 5.41) is 7.62. The second-order valence-corrected chi connectivity index (χ2v) is 6.52. The highest BCUT2D eigenvalue weighted by atomic mass is 32.1. The van der Waals surface area contributed by atoms with Crippen molar-refractivity contribution in [2.75, 3.05) is 6.54 Å². The van der Waals surface area contributed by atoms with Gasteiger partial charge in [-0.3, -0.25) is 10.1 Å². The Morgan fingerprint density at radius 3 is 3.11 bits per heavy atom. The van der Waals surface area contributed by atoms with Gasteiger partial charge in [-0.2, -0.15) is 11.3 Å². The topological polar surface area (TPSA) is 32.3 Å². The Balaban J connectivity index is 1.78. The summed E-state index contributed by atoms with van der Waals surface area (Å²) in [6, 6.07) is 2.57. The van der Waals surface area contributed by atoms with Crippen LogP contribution in [0.5, 0.6) is 0 Å². The van der Waals surface area contributed by atoms with Crippen LogP contribution in [0.3, 0.4) is 0 Å². The average Bonchev–Trinajstić information content (AvgIpc) is 3.07. The SMILES string of the molecule is CCC1CCCC(N2C(=O)CNC2c2ccsc2)C1. The first-order chi connectivity index (χ1) is 9.29. The normalized spacial score (nSPS) is 31.9. The molecule has 0 bridgehead atoms. The Kier molecular flexibility index (Phi) is 3.89. The Morgan fingerprint density at radius 1 is 1.47 bits per heavy atom. The van der Waals surface area contributed by atoms with Gasteiger partial charge in [-0.15, -0.1) is 0 Å². The lowest BCUT2D eigenvalue weighted by Gasteiger charge is -2.38. The van der Waals surface area contributed by atoms with E-state index in [2.05, 4.69) is 34.0 Å². The maximum Gasteiger partial charge on any atom is 0.238 e. The number of amides is 1. The van der Waals surface area contributed by atoms with Gasteiger partial charge in [0.2, 0.25) is 5.91 Å². The number of nitrogens with one attached hydrogen (secondary N) is 1. The first kappa shape index (κ1) is 13.1. The van der Waals surface area contributed by atoms with Gasteiger partial charge < -0.3 is 4.90 Å². The first-order valence-electron chi connectivity index (χ1n) is 7.36. The molecule has 2 aliphatic rings. The van der Waals surface area contributed by atoms with Crippen molar-refractivity contribution >= 4 is 17.2 Å². The number of carbonyl (C=O) groups excluding carboxylic acids is 1. The molecule has 3 unspecified atom stereocenters. The van der Waals surface area contributed by atoms with Gasteiger partial charge in [0.05, 0.1) is 6.54 Å². The summed E-state index contributed by atoms with van der Waals surface area (Å²) in [4.78, 5) is 14.4. The van der Waals surface area contributed by atoms with Gasteiger partial charge in [-0.1, -0.05) is 26.2 Å². The molecular formula is C15H22N2OS. The molecule has 104 valence electrons. The zero-order valence-corrected chi connectivity index (χ0v) is 12.3. The second kappa shape index (κ2) is 5.63. The number of hydrogen-bond acceptors (Lipinski definition) is 3. The molecule has 1 aliphatic carbocycles. The summed E-state index contributed by atoms with van der Waals surface area (Å²) in [6.07, 6.45) is 6.32. The number of hydrogen-bond donors (Lipinski definition) is 1. The van der Waals surface area contributed by atoms with Crippen molar-refractivity contribution in [3.63, 3.8) is 0 Å². The van der Waals surface area contributed by atoms with Gasteiger partial charge in [-0.05, 0) is 41.1 Å². The van der Waals surface area contributed by atoms with Gasteiger partial charge in [-0.25, -0.2) is 0 Å². The summed E-state index contributed by atoms with van der Waals surface area (Å²) < 4.78 is 0. The third-order valence-corrected chi connectivity index (χ3v) is 5.30. The molecule has 1 saturated carbocycles. The molecule has 3 atom stereocenters. The van der Waals surface area contributed by atoms with Crippen LogP contribution in [-0.2, 0) is 4.79 Å². The summed E-state index contributed by atoms with van der Waals surface area (Å²) in [5.74, 6) is 1.08. The summed E-state index contributed by atoms with van der Waals surface area (Å²) >= 11 is 1.70. The molecule has 0 radical (unpaired) electrons. The van der Waals surface area contributed by atoms with E-state index >= 15 is 0 Å². The predicted molar refractivity (Wildman–Crippen MR) is 77.9 cm³/mol. The van der Waals surface area contributed by atoms with Crippen LogP contribution < -0.4 is 5.32 Å². The third-order valence-electron chi connectivity index (χ3n) is 4.60. The molecule has 1 aliphatic heterocycles. The number of carbonyl (C=O) groups is 1. The van der Waals surface area contributed by atoms with Crippen molar-refractivity contribution in [2.45, 2.75) is 51.2 Å². The highest BCUT2D eigenvalue weighted by Crippen LogP contribution is 2.35. The maximum atomic E-state index is 12.2. The zero-order valence-electron chi connectivity index (χ0n) is 11.5. The molecule has 2 fully saturated rings. The largest absolute Gasteiger partial charge is 0.319 e. The lowest BCUT2D eigenvalue weighted by Crippen LogP contribution is -2.42. The minimum Gasteiger partial charge on any atom is -0.319 e. The number of rotatable bonds is 3. The van der Waals surface area contributed by atoms with Crippen molar-refractivity contribution < 1.29 is 4.79 Å². The van der Waals surface area contributed by atoms with Crippen LogP contribution >= 0.6 is 11.3 Å². The van der Waals surface area contributed by atoms with E-state index in [9.17, 15) is 4.79 Å². The smallest absolute Gasteiger partial charge is 0.238 e.